The lowest BCUT2D eigenvalue weighted by molar-refractivity contribution is -0.144. The minimum absolute atomic E-state index is 0.0744. The van der Waals surface area contributed by atoms with E-state index in [0.717, 1.165) is 11.1 Å². The van der Waals surface area contributed by atoms with Crippen molar-refractivity contribution in [2.75, 3.05) is 26.8 Å². The van der Waals surface area contributed by atoms with Gasteiger partial charge in [0.25, 0.3) is 0 Å². The third-order valence-electron chi connectivity index (χ3n) is 4.70. The molecular weight excluding hydrogens is 442 g/mol. The van der Waals surface area contributed by atoms with Crippen molar-refractivity contribution >= 4 is 23.9 Å². The van der Waals surface area contributed by atoms with Gasteiger partial charge in [-0.25, -0.2) is 4.79 Å². The van der Waals surface area contributed by atoms with Gasteiger partial charge in [0, 0.05) is 6.54 Å². The number of hydrogen-bond donors (Lipinski definition) is 3. The molecule has 0 fully saturated rings. The Morgan fingerprint density at radius 2 is 1.85 bits per heavy atom. The summed E-state index contributed by atoms with van der Waals surface area (Å²) in [7, 11) is 1.19. The van der Waals surface area contributed by atoms with E-state index in [1.807, 2.05) is 19.1 Å². The molecule has 10 heteroatoms. The number of rotatable bonds is 10. The molecule has 0 radical (unpaired) electrons. The maximum atomic E-state index is 13.5. The van der Waals surface area contributed by atoms with Crippen LogP contribution in [-0.2, 0) is 23.9 Å². The largest absolute Gasteiger partial charge is 0.468 e. The van der Waals surface area contributed by atoms with Crippen LogP contribution in [-0.4, -0.2) is 72.3 Å². The van der Waals surface area contributed by atoms with Gasteiger partial charge in [0.2, 0.25) is 11.8 Å². The van der Waals surface area contributed by atoms with Gasteiger partial charge in [-0.1, -0.05) is 29.8 Å². The Bertz CT molecular complexity index is 908. The number of esters is 1. The van der Waals surface area contributed by atoms with Gasteiger partial charge in [-0.15, -0.1) is 6.58 Å². The van der Waals surface area contributed by atoms with Gasteiger partial charge in [-0.2, -0.15) is 0 Å². The molecule has 34 heavy (non-hydrogen) atoms. The highest BCUT2D eigenvalue weighted by atomic mass is 16.6. The van der Waals surface area contributed by atoms with Crippen LogP contribution in [0, 0.1) is 13.8 Å². The van der Waals surface area contributed by atoms with Gasteiger partial charge in [0.05, 0.1) is 13.7 Å². The first-order valence-electron chi connectivity index (χ1n) is 10.8. The number of methoxy groups -OCH3 is 1. The van der Waals surface area contributed by atoms with Crippen molar-refractivity contribution in [2.24, 2.45) is 0 Å². The SMILES string of the molecule is C=CCN(C(=O)C(CO)NC(=O)OC(C)(C)C)C(C(=O)NCC(=O)OC)c1cc(C)ccc1C. The summed E-state index contributed by atoms with van der Waals surface area (Å²) in [6.45, 7) is 11.1. The Kier molecular flexibility index (Phi) is 10.7. The van der Waals surface area contributed by atoms with Crippen LogP contribution >= 0.6 is 0 Å². The smallest absolute Gasteiger partial charge is 0.408 e. The van der Waals surface area contributed by atoms with Crippen LogP contribution in [0.3, 0.4) is 0 Å². The molecular formula is C24H35N3O7. The highest BCUT2D eigenvalue weighted by Gasteiger charge is 2.36. The minimum Gasteiger partial charge on any atom is -0.468 e. The second-order valence-electron chi connectivity index (χ2n) is 8.72. The summed E-state index contributed by atoms with van der Waals surface area (Å²) in [5.74, 6) is -2.02. The maximum absolute atomic E-state index is 13.5. The number of benzene rings is 1. The van der Waals surface area contributed by atoms with Crippen LogP contribution in [0.5, 0.6) is 0 Å². The quantitative estimate of drug-likeness (QED) is 0.344. The van der Waals surface area contributed by atoms with Crippen molar-refractivity contribution in [3.8, 4) is 0 Å². The van der Waals surface area contributed by atoms with Crippen molar-refractivity contribution < 1.29 is 33.8 Å². The summed E-state index contributed by atoms with van der Waals surface area (Å²) in [6.07, 6.45) is 0.530. The molecule has 1 aromatic carbocycles. The number of nitrogens with one attached hydrogen (secondary N) is 2. The minimum atomic E-state index is -1.38. The third-order valence-corrected chi connectivity index (χ3v) is 4.70. The molecule has 0 aliphatic carbocycles. The lowest BCUT2D eigenvalue weighted by Crippen LogP contribution is -2.54. The average Bonchev–Trinajstić information content (AvgIpc) is 2.75. The predicted octanol–water partition coefficient (Wildman–Crippen LogP) is 1.53. The van der Waals surface area contributed by atoms with Crippen molar-refractivity contribution in [2.45, 2.75) is 52.3 Å². The highest BCUT2D eigenvalue weighted by Crippen LogP contribution is 2.26. The van der Waals surface area contributed by atoms with E-state index in [9.17, 15) is 24.3 Å². The first-order valence-corrected chi connectivity index (χ1v) is 10.8. The van der Waals surface area contributed by atoms with Gasteiger partial charge in [-0.05, 0) is 45.7 Å². The number of alkyl carbamates (subject to hydrolysis) is 1. The summed E-state index contributed by atoms with van der Waals surface area (Å²) in [5.41, 5.74) is 1.28. The van der Waals surface area contributed by atoms with E-state index in [1.54, 1.807) is 33.8 Å². The zero-order valence-corrected chi connectivity index (χ0v) is 20.6. The molecule has 0 heterocycles. The summed E-state index contributed by atoms with van der Waals surface area (Å²) in [5, 5.41) is 14.7. The van der Waals surface area contributed by atoms with E-state index in [2.05, 4.69) is 21.9 Å². The van der Waals surface area contributed by atoms with E-state index < -0.39 is 54.7 Å². The molecule has 1 rings (SSSR count). The molecule has 3 amide bonds. The van der Waals surface area contributed by atoms with E-state index in [4.69, 9.17) is 4.74 Å². The van der Waals surface area contributed by atoms with Crippen LogP contribution in [0.4, 0.5) is 4.79 Å². The number of nitrogens with zero attached hydrogens (tertiary/aromatic N) is 1. The maximum Gasteiger partial charge on any atom is 0.408 e. The molecule has 0 spiro atoms. The zero-order valence-electron chi connectivity index (χ0n) is 20.6. The number of carbonyl (C=O) groups excluding carboxylic acids is 4. The monoisotopic (exact) mass is 477 g/mol. The normalized spacial score (nSPS) is 12.7. The first-order chi connectivity index (χ1) is 15.8. The van der Waals surface area contributed by atoms with Gasteiger partial charge in [0.1, 0.15) is 24.2 Å². The molecule has 0 aromatic heterocycles. The van der Waals surface area contributed by atoms with Crippen LogP contribution in [0.2, 0.25) is 0 Å². The van der Waals surface area contributed by atoms with Crippen LogP contribution in [0.15, 0.2) is 30.9 Å². The molecule has 3 N–H and O–H groups in total. The number of aliphatic hydroxyl groups excluding tert-OH is 1. The van der Waals surface area contributed by atoms with E-state index >= 15 is 0 Å². The van der Waals surface area contributed by atoms with Gasteiger partial charge < -0.3 is 30.1 Å². The van der Waals surface area contributed by atoms with Crippen molar-refractivity contribution in [3.05, 3.63) is 47.5 Å². The molecule has 2 unspecified atom stereocenters. The second kappa shape index (κ2) is 12.7. The molecule has 0 aliphatic rings. The Hall–Kier alpha value is -3.40. The van der Waals surface area contributed by atoms with Gasteiger partial charge in [-0.3, -0.25) is 14.4 Å². The Morgan fingerprint density at radius 3 is 2.38 bits per heavy atom. The number of hydrogen-bond acceptors (Lipinski definition) is 7. The molecule has 0 bridgehead atoms. The van der Waals surface area contributed by atoms with Crippen molar-refractivity contribution in [1.29, 1.82) is 0 Å². The second-order valence-corrected chi connectivity index (χ2v) is 8.72. The van der Waals surface area contributed by atoms with Crippen LogP contribution < -0.4 is 10.6 Å². The zero-order chi connectivity index (χ0) is 26.1. The number of aryl methyl sites for hydroxylation is 2. The topological polar surface area (TPSA) is 134 Å². The molecule has 1 aromatic rings. The van der Waals surface area contributed by atoms with Gasteiger partial charge in [0.15, 0.2) is 0 Å². The fourth-order valence-electron chi connectivity index (χ4n) is 3.13. The third kappa shape index (κ3) is 8.51. The summed E-state index contributed by atoms with van der Waals surface area (Å²) < 4.78 is 9.76. The predicted molar refractivity (Wildman–Crippen MR) is 126 cm³/mol. The molecule has 0 aliphatic heterocycles. The molecule has 10 nitrogen and oxygen atoms in total. The standard InChI is InChI=1S/C24H35N3O7/c1-8-11-27(22(31)18(14-28)26-23(32)34-24(4,5)6)20(21(30)25-13-19(29)33-7)17-12-15(2)9-10-16(17)3/h8-10,12,18,20,28H,1,11,13-14H2,2-7H3,(H,25,30)(H,26,32). The average molecular weight is 478 g/mol. The highest BCUT2D eigenvalue weighted by molar-refractivity contribution is 5.93. The van der Waals surface area contributed by atoms with E-state index in [1.165, 1.54) is 18.1 Å². The van der Waals surface area contributed by atoms with Crippen LogP contribution in [0.25, 0.3) is 0 Å². The lowest BCUT2D eigenvalue weighted by atomic mass is 9.96. The fourth-order valence-corrected chi connectivity index (χ4v) is 3.13. The van der Waals surface area contributed by atoms with E-state index in [-0.39, 0.29) is 6.54 Å². The number of amides is 3. The van der Waals surface area contributed by atoms with Crippen LogP contribution in [0.1, 0.15) is 43.5 Å². The number of carbonyl (C=O) groups is 4. The first kappa shape index (κ1) is 28.6. The summed E-state index contributed by atoms with van der Waals surface area (Å²) >= 11 is 0. The molecule has 0 saturated heterocycles. The van der Waals surface area contributed by atoms with Crippen molar-refractivity contribution in [1.82, 2.24) is 15.5 Å². The van der Waals surface area contributed by atoms with Crippen molar-refractivity contribution in [3.63, 3.8) is 0 Å². The Balaban J connectivity index is 3.41. The van der Waals surface area contributed by atoms with Gasteiger partial charge >= 0.3 is 12.1 Å². The molecule has 2 atom stereocenters. The fraction of sp³-hybridized carbons (Fsp3) is 0.500. The number of aliphatic hydroxyl groups is 1. The van der Waals surface area contributed by atoms with E-state index in [0.29, 0.717) is 5.56 Å². The molecule has 0 saturated carbocycles. The Labute approximate surface area is 200 Å². The molecule has 188 valence electrons. The summed E-state index contributed by atoms with van der Waals surface area (Å²) in [6, 6.07) is 2.88. The Morgan fingerprint density at radius 1 is 1.21 bits per heavy atom. The summed E-state index contributed by atoms with van der Waals surface area (Å²) in [4.78, 5) is 51.7. The number of ether oxygens (including phenoxy) is 2. The lowest BCUT2D eigenvalue weighted by Gasteiger charge is -2.34.